The van der Waals surface area contributed by atoms with E-state index in [0.717, 1.165) is 79.5 Å². The SMILES string of the molecule is CCCCc1n[c]([Sn])c(F)c(CCCC)c1CCCC. The quantitative estimate of drug-likeness (QED) is 0.587. The van der Waals surface area contributed by atoms with Gasteiger partial charge in [0.2, 0.25) is 0 Å². The number of rotatable bonds is 9. The fraction of sp³-hybridized carbons (Fsp3) is 0.706. The first kappa shape index (κ1) is 17.9. The Morgan fingerprint density at radius 3 is 1.90 bits per heavy atom. The summed E-state index contributed by atoms with van der Waals surface area (Å²) >= 11 is 1.10. The zero-order chi connectivity index (χ0) is 15.0. The summed E-state index contributed by atoms with van der Waals surface area (Å²) in [6.07, 6.45) is 9.69. The Kier molecular flexibility index (Phi) is 8.74. The number of hydrogen-bond donors (Lipinski definition) is 0. The van der Waals surface area contributed by atoms with Crippen LogP contribution >= 0.6 is 0 Å². The number of nitrogens with zero attached hydrogens (tertiary/aromatic N) is 1. The third kappa shape index (κ3) is 5.01. The first-order valence-corrected chi connectivity index (χ1v) is 9.50. The molecule has 20 heavy (non-hydrogen) atoms. The number of hydrogen-bond acceptors (Lipinski definition) is 1. The van der Waals surface area contributed by atoms with Crippen LogP contribution in [0.4, 0.5) is 4.39 Å². The van der Waals surface area contributed by atoms with Crippen LogP contribution in [0, 0.1) is 5.82 Å². The number of unbranched alkanes of at least 4 members (excludes halogenated alkanes) is 3. The Hall–Kier alpha value is -0.121. The van der Waals surface area contributed by atoms with Crippen molar-refractivity contribution in [3.63, 3.8) is 0 Å². The molecule has 0 saturated heterocycles. The zero-order valence-electron chi connectivity index (χ0n) is 13.2. The second kappa shape index (κ2) is 9.75. The molecule has 1 rings (SSSR count). The molecule has 1 nitrogen and oxygen atoms in total. The van der Waals surface area contributed by atoms with Crippen LogP contribution in [0.15, 0.2) is 0 Å². The van der Waals surface area contributed by atoms with E-state index in [1.165, 1.54) is 17.7 Å². The molecule has 111 valence electrons. The molecule has 3 heteroatoms. The standard InChI is InChI=1S/C17H27FN.Sn/c1-4-7-10-14-15(11-8-5-2)17(12-9-6-3)19-13-16(14)18;/h4-12H2,1-3H3;. The van der Waals surface area contributed by atoms with Crippen LogP contribution in [0.3, 0.4) is 0 Å². The van der Waals surface area contributed by atoms with Gasteiger partial charge in [-0.2, -0.15) is 0 Å². The Morgan fingerprint density at radius 1 is 0.850 bits per heavy atom. The molecular weight excluding hydrogens is 356 g/mol. The van der Waals surface area contributed by atoms with E-state index in [4.69, 9.17) is 0 Å². The molecule has 0 fully saturated rings. The molecule has 3 radical (unpaired) electrons. The third-order valence-corrected chi connectivity index (χ3v) is 4.71. The number of halogens is 1. The molecule has 0 N–H and O–H groups in total. The van der Waals surface area contributed by atoms with E-state index < -0.39 is 0 Å². The molecule has 0 aliphatic carbocycles. The summed E-state index contributed by atoms with van der Waals surface area (Å²) in [5.41, 5.74) is 3.39. The van der Waals surface area contributed by atoms with Crippen LogP contribution < -0.4 is 3.71 Å². The Labute approximate surface area is 136 Å². The van der Waals surface area contributed by atoms with E-state index in [1.54, 1.807) is 0 Å². The fourth-order valence-electron chi connectivity index (χ4n) is 2.52. The summed E-state index contributed by atoms with van der Waals surface area (Å²) in [7, 11) is 0. The van der Waals surface area contributed by atoms with Crippen molar-refractivity contribution in [2.75, 3.05) is 0 Å². The molecule has 0 bridgehead atoms. The van der Waals surface area contributed by atoms with Gasteiger partial charge >= 0.3 is 137 Å². The van der Waals surface area contributed by atoms with Crippen molar-refractivity contribution in [3.05, 3.63) is 22.6 Å². The van der Waals surface area contributed by atoms with Gasteiger partial charge in [0, 0.05) is 0 Å². The van der Waals surface area contributed by atoms with Crippen molar-refractivity contribution in [3.8, 4) is 0 Å². The van der Waals surface area contributed by atoms with Gasteiger partial charge in [0.25, 0.3) is 0 Å². The Balaban J connectivity index is 3.15. The summed E-state index contributed by atoms with van der Waals surface area (Å²) in [6.45, 7) is 6.56. The second-order valence-corrected chi connectivity index (χ2v) is 6.84. The second-order valence-electron chi connectivity index (χ2n) is 5.49. The van der Waals surface area contributed by atoms with Gasteiger partial charge in [-0.15, -0.1) is 0 Å². The van der Waals surface area contributed by atoms with Gasteiger partial charge < -0.3 is 0 Å². The first-order valence-electron chi connectivity index (χ1n) is 8.07. The van der Waals surface area contributed by atoms with E-state index in [0.29, 0.717) is 3.71 Å². The molecule has 1 heterocycles. The topological polar surface area (TPSA) is 12.9 Å². The number of pyridine rings is 1. The van der Waals surface area contributed by atoms with E-state index in [2.05, 4.69) is 25.8 Å². The predicted molar refractivity (Wildman–Crippen MR) is 85.4 cm³/mol. The molecule has 0 amide bonds. The van der Waals surface area contributed by atoms with Crippen molar-refractivity contribution < 1.29 is 4.39 Å². The monoisotopic (exact) mass is 384 g/mol. The molecule has 0 saturated carbocycles. The molecule has 1 aromatic heterocycles. The normalized spacial score (nSPS) is 11.1. The average Bonchev–Trinajstić information content (AvgIpc) is 2.45. The van der Waals surface area contributed by atoms with E-state index in [1.807, 2.05) is 0 Å². The average molecular weight is 383 g/mol. The molecule has 0 atom stereocenters. The van der Waals surface area contributed by atoms with E-state index in [9.17, 15) is 4.39 Å². The zero-order valence-corrected chi connectivity index (χ0v) is 16.0. The van der Waals surface area contributed by atoms with Crippen LogP contribution in [0.5, 0.6) is 0 Å². The summed E-state index contributed by atoms with van der Waals surface area (Å²) in [5, 5.41) is 0. The summed E-state index contributed by atoms with van der Waals surface area (Å²) in [4.78, 5) is 4.60. The summed E-state index contributed by atoms with van der Waals surface area (Å²) < 4.78 is 15.2. The molecule has 0 unspecified atom stereocenters. The van der Waals surface area contributed by atoms with Crippen LogP contribution in [0.25, 0.3) is 0 Å². The van der Waals surface area contributed by atoms with Gasteiger partial charge in [-0.3, -0.25) is 0 Å². The van der Waals surface area contributed by atoms with Crippen molar-refractivity contribution >= 4 is 26.2 Å². The van der Waals surface area contributed by atoms with Crippen LogP contribution in [0.1, 0.15) is 76.1 Å². The van der Waals surface area contributed by atoms with Crippen LogP contribution in [-0.4, -0.2) is 27.5 Å². The van der Waals surface area contributed by atoms with Crippen molar-refractivity contribution in [2.45, 2.75) is 78.6 Å². The Morgan fingerprint density at radius 2 is 1.35 bits per heavy atom. The van der Waals surface area contributed by atoms with Gasteiger partial charge in [0.05, 0.1) is 0 Å². The Bertz CT molecular complexity index is 418. The van der Waals surface area contributed by atoms with Crippen molar-refractivity contribution in [1.82, 2.24) is 4.98 Å². The van der Waals surface area contributed by atoms with Gasteiger partial charge in [-0.1, -0.05) is 0 Å². The summed E-state index contributed by atoms with van der Waals surface area (Å²) in [5.74, 6) is -0.0111. The van der Waals surface area contributed by atoms with Crippen LogP contribution in [0.2, 0.25) is 0 Å². The maximum atomic E-state index is 14.5. The van der Waals surface area contributed by atoms with Crippen molar-refractivity contribution in [2.24, 2.45) is 0 Å². The number of aryl methyl sites for hydroxylation is 1. The predicted octanol–water partition coefficient (Wildman–Crippen LogP) is 4.04. The molecule has 1 aromatic rings. The fourth-order valence-corrected chi connectivity index (χ4v) is 3.33. The maximum absolute atomic E-state index is 14.5. The van der Waals surface area contributed by atoms with E-state index in [-0.39, 0.29) is 5.82 Å². The molecular formula is C17H27FNSn. The van der Waals surface area contributed by atoms with Gasteiger partial charge in [0.1, 0.15) is 0 Å². The summed E-state index contributed by atoms with van der Waals surface area (Å²) in [6, 6.07) is 0. The third-order valence-electron chi connectivity index (χ3n) is 3.76. The first-order chi connectivity index (χ1) is 9.65. The van der Waals surface area contributed by atoms with Crippen LogP contribution in [-0.2, 0) is 19.3 Å². The molecule has 0 aliphatic heterocycles. The number of aromatic nitrogens is 1. The van der Waals surface area contributed by atoms with E-state index >= 15 is 0 Å². The molecule has 0 spiro atoms. The van der Waals surface area contributed by atoms with Gasteiger partial charge in [0.15, 0.2) is 0 Å². The minimum atomic E-state index is -0.0111. The van der Waals surface area contributed by atoms with Gasteiger partial charge in [-0.25, -0.2) is 0 Å². The van der Waals surface area contributed by atoms with Gasteiger partial charge in [-0.05, 0) is 0 Å². The molecule has 0 aromatic carbocycles. The van der Waals surface area contributed by atoms with Crippen molar-refractivity contribution in [1.29, 1.82) is 0 Å². The molecule has 0 aliphatic rings. The minimum absolute atomic E-state index is 0.0111.